The summed E-state index contributed by atoms with van der Waals surface area (Å²) in [5, 5.41) is 6.87. The van der Waals surface area contributed by atoms with E-state index in [0.29, 0.717) is 0 Å². The maximum absolute atomic E-state index is 5.56. The van der Waals surface area contributed by atoms with Gasteiger partial charge in [-0.2, -0.15) is 0 Å². The highest BCUT2D eigenvalue weighted by Crippen LogP contribution is 2.37. The summed E-state index contributed by atoms with van der Waals surface area (Å²) in [6.07, 6.45) is 11.8. The van der Waals surface area contributed by atoms with Crippen molar-refractivity contribution in [2.75, 3.05) is 39.4 Å². The number of hydrogen-bond donors (Lipinski definition) is 2. The van der Waals surface area contributed by atoms with Gasteiger partial charge in [0.1, 0.15) is 0 Å². The van der Waals surface area contributed by atoms with E-state index in [4.69, 9.17) is 9.47 Å². The van der Waals surface area contributed by atoms with Crippen LogP contribution in [-0.4, -0.2) is 45.2 Å². The van der Waals surface area contributed by atoms with Crippen molar-refractivity contribution in [3.05, 3.63) is 0 Å². The van der Waals surface area contributed by atoms with Crippen molar-refractivity contribution < 1.29 is 9.47 Å². The molecule has 3 heterocycles. The van der Waals surface area contributed by atoms with Gasteiger partial charge in [0.25, 0.3) is 0 Å². The minimum Gasteiger partial charge on any atom is -0.348 e. The fraction of sp³-hybridized carbons (Fsp3) is 1.00. The molecule has 3 aliphatic heterocycles. The molecule has 122 valence electrons. The lowest BCUT2D eigenvalue weighted by atomic mass is 9.72. The monoisotopic (exact) mass is 296 g/mol. The summed E-state index contributed by atoms with van der Waals surface area (Å²) in [5.74, 6) is -0.127. The SMILES string of the molecule is C1CC2(CCN1)CCNCC2.C1CCC2(CC1)OCCO2. The van der Waals surface area contributed by atoms with Crippen LogP contribution >= 0.6 is 0 Å². The molecule has 21 heavy (non-hydrogen) atoms. The molecule has 2 spiro atoms. The molecule has 4 heteroatoms. The second-order valence-corrected chi connectivity index (χ2v) is 7.17. The second kappa shape index (κ2) is 7.40. The van der Waals surface area contributed by atoms with Crippen molar-refractivity contribution in [1.82, 2.24) is 10.6 Å². The van der Waals surface area contributed by atoms with Crippen molar-refractivity contribution in [1.29, 1.82) is 0 Å². The average molecular weight is 296 g/mol. The summed E-state index contributed by atoms with van der Waals surface area (Å²) in [6.45, 7) is 6.61. The van der Waals surface area contributed by atoms with Crippen LogP contribution < -0.4 is 10.6 Å². The van der Waals surface area contributed by atoms with Gasteiger partial charge >= 0.3 is 0 Å². The molecule has 4 rings (SSSR count). The summed E-state index contributed by atoms with van der Waals surface area (Å²) in [4.78, 5) is 0. The first-order valence-electron chi connectivity index (χ1n) is 9.02. The zero-order valence-corrected chi connectivity index (χ0v) is 13.4. The Morgan fingerprint density at radius 2 is 1.05 bits per heavy atom. The Balaban J connectivity index is 0.000000126. The molecule has 2 N–H and O–H groups in total. The molecule has 0 aromatic carbocycles. The number of hydrogen-bond acceptors (Lipinski definition) is 4. The lowest BCUT2D eigenvalue weighted by Gasteiger charge is -2.41. The highest BCUT2D eigenvalue weighted by molar-refractivity contribution is 4.88. The highest BCUT2D eigenvalue weighted by atomic mass is 16.7. The molecule has 1 saturated carbocycles. The minimum atomic E-state index is -0.127. The Hall–Kier alpha value is -0.160. The molecule has 1 aliphatic carbocycles. The van der Waals surface area contributed by atoms with E-state index in [1.54, 1.807) is 0 Å². The number of piperidine rings is 2. The third-order valence-electron chi connectivity index (χ3n) is 5.76. The topological polar surface area (TPSA) is 42.5 Å². The normalized spacial score (nSPS) is 30.9. The standard InChI is InChI=1S/C9H18N2.C8H14O2/c1-5-10-6-2-9(1)3-7-11-8-4-9;1-2-4-8(5-3-1)9-6-7-10-8/h10-11H,1-8H2;1-7H2. The van der Waals surface area contributed by atoms with Crippen LogP contribution in [0.25, 0.3) is 0 Å². The fourth-order valence-corrected chi connectivity index (χ4v) is 4.29. The van der Waals surface area contributed by atoms with E-state index in [1.807, 2.05) is 0 Å². The third kappa shape index (κ3) is 4.19. The Kier molecular flexibility index (Phi) is 5.54. The average Bonchev–Trinajstić information content (AvgIpc) is 2.98. The fourth-order valence-electron chi connectivity index (χ4n) is 4.29. The maximum atomic E-state index is 5.56. The summed E-state index contributed by atoms with van der Waals surface area (Å²) in [7, 11) is 0. The van der Waals surface area contributed by atoms with Crippen molar-refractivity contribution in [2.45, 2.75) is 63.6 Å². The predicted octanol–water partition coefficient (Wildman–Crippen LogP) is 2.43. The first kappa shape index (κ1) is 15.7. The summed E-state index contributed by atoms with van der Waals surface area (Å²) in [5.41, 5.74) is 0.733. The zero-order valence-electron chi connectivity index (χ0n) is 13.4. The van der Waals surface area contributed by atoms with Gasteiger partial charge in [-0.15, -0.1) is 0 Å². The summed E-state index contributed by atoms with van der Waals surface area (Å²) < 4.78 is 11.1. The van der Waals surface area contributed by atoms with Crippen LogP contribution in [0.3, 0.4) is 0 Å². The molecule has 4 fully saturated rings. The molecule has 0 radical (unpaired) electrons. The molecular formula is C17H32N2O2. The largest absolute Gasteiger partial charge is 0.348 e. The van der Waals surface area contributed by atoms with Gasteiger partial charge in [-0.3, -0.25) is 0 Å². The number of ether oxygens (including phenoxy) is 2. The summed E-state index contributed by atoms with van der Waals surface area (Å²) in [6, 6.07) is 0. The highest BCUT2D eigenvalue weighted by Gasteiger charge is 2.37. The number of nitrogens with one attached hydrogen (secondary N) is 2. The van der Waals surface area contributed by atoms with Gasteiger partial charge in [0, 0.05) is 12.8 Å². The van der Waals surface area contributed by atoms with E-state index in [0.717, 1.165) is 31.5 Å². The van der Waals surface area contributed by atoms with Crippen LogP contribution in [0.5, 0.6) is 0 Å². The van der Waals surface area contributed by atoms with Crippen molar-refractivity contribution in [3.8, 4) is 0 Å². The van der Waals surface area contributed by atoms with E-state index in [-0.39, 0.29) is 5.79 Å². The van der Waals surface area contributed by atoms with Gasteiger partial charge < -0.3 is 20.1 Å². The zero-order chi connectivity index (χ0) is 14.4. The first-order valence-corrected chi connectivity index (χ1v) is 9.02. The molecule has 3 saturated heterocycles. The van der Waals surface area contributed by atoms with Gasteiger partial charge in [-0.05, 0) is 70.1 Å². The summed E-state index contributed by atoms with van der Waals surface area (Å²) >= 11 is 0. The number of rotatable bonds is 0. The molecular weight excluding hydrogens is 264 g/mol. The van der Waals surface area contributed by atoms with Gasteiger partial charge in [-0.1, -0.05) is 6.42 Å². The molecule has 0 atom stereocenters. The molecule has 0 unspecified atom stereocenters. The van der Waals surface area contributed by atoms with E-state index in [9.17, 15) is 0 Å². The van der Waals surface area contributed by atoms with Crippen LogP contribution in [0.4, 0.5) is 0 Å². The molecule has 0 amide bonds. The van der Waals surface area contributed by atoms with Crippen molar-refractivity contribution >= 4 is 0 Å². The smallest absolute Gasteiger partial charge is 0.168 e. The maximum Gasteiger partial charge on any atom is 0.168 e. The molecule has 0 bridgehead atoms. The molecule has 4 nitrogen and oxygen atoms in total. The van der Waals surface area contributed by atoms with E-state index in [2.05, 4.69) is 10.6 Å². The lowest BCUT2D eigenvalue weighted by Crippen LogP contribution is -2.43. The van der Waals surface area contributed by atoms with Crippen LogP contribution in [0.2, 0.25) is 0 Å². The van der Waals surface area contributed by atoms with Crippen LogP contribution in [0.15, 0.2) is 0 Å². The second-order valence-electron chi connectivity index (χ2n) is 7.17. The first-order chi connectivity index (χ1) is 10.3. The van der Waals surface area contributed by atoms with Gasteiger partial charge in [0.2, 0.25) is 0 Å². The Morgan fingerprint density at radius 3 is 1.52 bits per heavy atom. The Bertz CT molecular complexity index is 276. The minimum absolute atomic E-state index is 0.127. The van der Waals surface area contributed by atoms with E-state index < -0.39 is 0 Å². The Labute approximate surface area is 129 Å². The predicted molar refractivity (Wildman–Crippen MR) is 84.4 cm³/mol. The molecule has 4 aliphatic rings. The van der Waals surface area contributed by atoms with Crippen molar-refractivity contribution in [2.24, 2.45) is 5.41 Å². The quantitative estimate of drug-likeness (QED) is 0.720. The van der Waals surface area contributed by atoms with E-state index in [1.165, 1.54) is 71.1 Å². The van der Waals surface area contributed by atoms with Crippen molar-refractivity contribution in [3.63, 3.8) is 0 Å². The van der Waals surface area contributed by atoms with Gasteiger partial charge in [-0.25, -0.2) is 0 Å². The van der Waals surface area contributed by atoms with Gasteiger partial charge in [0.15, 0.2) is 5.79 Å². The lowest BCUT2D eigenvalue weighted by molar-refractivity contribution is -0.176. The third-order valence-corrected chi connectivity index (χ3v) is 5.76. The van der Waals surface area contributed by atoms with Crippen LogP contribution in [0, 0.1) is 5.41 Å². The van der Waals surface area contributed by atoms with Crippen LogP contribution in [0.1, 0.15) is 57.8 Å². The van der Waals surface area contributed by atoms with E-state index >= 15 is 0 Å². The molecule has 0 aromatic heterocycles. The molecule has 0 aromatic rings. The van der Waals surface area contributed by atoms with Gasteiger partial charge in [0.05, 0.1) is 13.2 Å². The van der Waals surface area contributed by atoms with Crippen LogP contribution in [-0.2, 0) is 9.47 Å². The Morgan fingerprint density at radius 1 is 0.571 bits per heavy atom.